The Hall–Kier alpha value is -3.28. The van der Waals surface area contributed by atoms with E-state index in [9.17, 15) is 4.79 Å². The topological polar surface area (TPSA) is 70.8 Å². The molecule has 0 radical (unpaired) electrons. The number of nitrogens with zero attached hydrogens (tertiary/aromatic N) is 1. The minimum Gasteiger partial charge on any atom is -0.493 e. The van der Waals surface area contributed by atoms with Crippen molar-refractivity contribution in [2.24, 2.45) is 0 Å². The van der Waals surface area contributed by atoms with Crippen LogP contribution in [0.1, 0.15) is 23.0 Å². The molecule has 0 saturated heterocycles. The molecule has 0 aliphatic rings. The van der Waals surface area contributed by atoms with Gasteiger partial charge >= 0.3 is 5.97 Å². The van der Waals surface area contributed by atoms with Crippen LogP contribution in [0.2, 0.25) is 0 Å². The van der Waals surface area contributed by atoms with Gasteiger partial charge in [0.2, 0.25) is 0 Å². The Labute approximate surface area is 151 Å². The van der Waals surface area contributed by atoms with Crippen LogP contribution < -0.4 is 9.47 Å². The van der Waals surface area contributed by atoms with E-state index < -0.39 is 5.97 Å². The van der Waals surface area contributed by atoms with Crippen molar-refractivity contribution < 1.29 is 23.5 Å². The van der Waals surface area contributed by atoms with Gasteiger partial charge < -0.3 is 18.7 Å². The summed E-state index contributed by atoms with van der Waals surface area (Å²) in [7, 11) is 1.52. The lowest BCUT2D eigenvalue weighted by Gasteiger charge is -2.10. The molecule has 1 aromatic heterocycles. The molecule has 0 amide bonds. The van der Waals surface area contributed by atoms with Gasteiger partial charge in [-0.3, -0.25) is 0 Å². The number of carbonyl (C=O) groups is 1. The van der Waals surface area contributed by atoms with E-state index in [1.54, 1.807) is 24.3 Å². The number of hydrogen-bond donors (Lipinski definition) is 0. The van der Waals surface area contributed by atoms with Crippen molar-refractivity contribution in [2.75, 3.05) is 13.7 Å². The molecule has 0 N–H and O–H groups in total. The molecule has 0 spiro atoms. The number of esters is 1. The molecule has 0 fully saturated rings. The molecule has 6 nitrogen and oxygen atoms in total. The lowest BCUT2D eigenvalue weighted by Crippen LogP contribution is -2.06. The third-order valence-corrected chi connectivity index (χ3v) is 3.67. The van der Waals surface area contributed by atoms with E-state index in [1.165, 1.54) is 7.11 Å². The number of methoxy groups -OCH3 is 1. The Balaban J connectivity index is 1.65. The third kappa shape index (κ3) is 4.03. The van der Waals surface area contributed by atoms with E-state index in [0.29, 0.717) is 35.1 Å². The average Bonchev–Trinajstić information content (AvgIpc) is 3.16. The fourth-order valence-electron chi connectivity index (χ4n) is 2.41. The fraction of sp³-hybridized carbons (Fsp3) is 0.200. The van der Waals surface area contributed by atoms with Gasteiger partial charge in [-0.2, -0.15) is 0 Å². The van der Waals surface area contributed by atoms with Crippen molar-refractivity contribution >= 4 is 5.97 Å². The summed E-state index contributed by atoms with van der Waals surface area (Å²) in [5.41, 5.74) is 1.82. The zero-order chi connectivity index (χ0) is 18.4. The molecule has 1 heterocycles. The summed E-state index contributed by atoms with van der Waals surface area (Å²) < 4.78 is 21.3. The van der Waals surface area contributed by atoms with Gasteiger partial charge in [0.1, 0.15) is 12.3 Å². The smallest absolute Gasteiger partial charge is 0.338 e. The van der Waals surface area contributed by atoms with Crippen LogP contribution in [0.25, 0.3) is 11.3 Å². The van der Waals surface area contributed by atoms with E-state index in [2.05, 4.69) is 5.16 Å². The first kappa shape index (κ1) is 17.5. The highest BCUT2D eigenvalue weighted by atomic mass is 16.5. The van der Waals surface area contributed by atoms with Crippen LogP contribution in [0.3, 0.4) is 0 Å². The van der Waals surface area contributed by atoms with Crippen molar-refractivity contribution in [3.63, 3.8) is 0 Å². The van der Waals surface area contributed by atoms with E-state index in [1.807, 2.05) is 37.3 Å². The number of rotatable bonds is 7. The molecule has 3 aromatic rings. The second-order valence-corrected chi connectivity index (χ2v) is 5.42. The van der Waals surface area contributed by atoms with Crippen molar-refractivity contribution in [3.05, 3.63) is 65.9 Å². The van der Waals surface area contributed by atoms with Crippen molar-refractivity contribution in [2.45, 2.75) is 13.5 Å². The predicted octanol–water partition coefficient (Wildman–Crippen LogP) is 4.11. The maximum absolute atomic E-state index is 12.3. The highest BCUT2D eigenvalue weighted by Crippen LogP contribution is 2.28. The lowest BCUT2D eigenvalue weighted by atomic mass is 10.2. The number of hydrogen-bond acceptors (Lipinski definition) is 6. The molecule has 26 heavy (non-hydrogen) atoms. The molecule has 0 saturated carbocycles. The Morgan fingerprint density at radius 2 is 1.88 bits per heavy atom. The van der Waals surface area contributed by atoms with Gasteiger partial charge in [-0.05, 0) is 25.1 Å². The van der Waals surface area contributed by atoms with Crippen molar-refractivity contribution in [1.82, 2.24) is 5.16 Å². The largest absolute Gasteiger partial charge is 0.493 e. The molecule has 0 aliphatic heterocycles. The maximum Gasteiger partial charge on any atom is 0.338 e. The molecule has 0 unspecified atom stereocenters. The first-order chi connectivity index (χ1) is 12.7. The van der Waals surface area contributed by atoms with E-state index in [0.717, 1.165) is 5.56 Å². The van der Waals surface area contributed by atoms with Gasteiger partial charge in [-0.25, -0.2) is 4.79 Å². The van der Waals surface area contributed by atoms with E-state index in [4.69, 9.17) is 18.7 Å². The van der Waals surface area contributed by atoms with Crippen LogP contribution in [0, 0.1) is 0 Å². The highest BCUT2D eigenvalue weighted by molar-refractivity contribution is 5.90. The molecular formula is C20H19NO5. The molecule has 3 rings (SSSR count). The van der Waals surface area contributed by atoms with Gasteiger partial charge in [0.15, 0.2) is 17.3 Å². The van der Waals surface area contributed by atoms with Crippen LogP contribution in [0.15, 0.2) is 59.1 Å². The van der Waals surface area contributed by atoms with Gasteiger partial charge in [0.25, 0.3) is 0 Å². The first-order valence-electron chi connectivity index (χ1n) is 8.20. The molecule has 6 heteroatoms. The Morgan fingerprint density at radius 3 is 2.62 bits per heavy atom. The second-order valence-electron chi connectivity index (χ2n) is 5.42. The SMILES string of the molecule is CCOc1ccc(C(=O)OCc2cc(-c3ccccc3)on2)cc1OC. The van der Waals surface area contributed by atoms with Gasteiger partial charge in [-0.15, -0.1) is 0 Å². The summed E-state index contributed by atoms with van der Waals surface area (Å²) in [5, 5.41) is 3.93. The predicted molar refractivity (Wildman–Crippen MR) is 95.2 cm³/mol. The zero-order valence-electron chi connectivity index (χ0n) is 14.6. The molecule has 2 aromatic carbocycles. The van der Waals surface area contributed by atoms with Gasteiger partial charge in [0, 0.05) is 11.6 Å². The molecule has 0 bridgehead atoms. The zero-order valence-corrected chi connectivity index (χ0v) is 14.6. The Morgan fingerprint density at radius 1 is 1.08 bits per heavy atom. The Kier molecular flexibility index (Phi) is 5.53. The van der Waals surface area contributed by atoms with Gasteiger partial charge in [-0.1, -0.05) is 35.5 Å². The summed E-state index contributed by atoms with van der Waals surface area (Å²) in [6.45, 7) is 2.41. The quantitative estimate of drug-likeness (QED) is 0.596. The van der Waals surface area contributed by atoms with Crippen LogP contribution in [0.5, 0.6) is 11.5 Å². The lowest BCUT2D eigenvalue weighted by molar-refractivity contribution is 0.0464. The third-order valence-electron chi connectivity index (χ3n) is 3.67. The summed E-state index contributed by atoms with van der Waals surface area (Å²) in [6.07, 6.45) is 0. The monoisotopic (exact) mass is 353 g/mol. The van der Waals surface area contributed by atoms with Crippen molar-refractivity contribution in [3.8, 4) is 22.8 Å². The van der Waals surface area contributed by atoms with Crippen LogP contribution in [-0.2, 0) is 11.3 Å². The average molecular weight is 353 g/mol. The summed E-state index contributed by atoms with van der Waals surface area (Å²) in [6, 6.07) is 16.2. The number of aromatic nitrogens is 1. The minimum absolute atomic E-state index is 0.0185. The molecule has 0 atom stereocenters. The summed E-state index contributed by atoms with van der Waals surface area (Å²) >= 11 is 0. The minimum atomic E-state index is -0.476. The van der Waals surface area contributed by atoms with Gasteiger partial charge in [0.05, 0.1) is 19.3 Å². The van der Waals surface area contributed by atoms with E-state index in [-0.39, 0.29) is 6.61 Å². The number of benzene rings is 2. The number of ether oxygens (including phenoxy) is 3. The van der Waals surface area contributed by atoms with Crippen molar-refractivity contribution in [1.29, 1.82) is 0 Å². The normalized spacial score (nSPS) is 10.4. The van der Waals surface area contributed by atoms with Crippen LogP contribution in [-0.4, -0.2) is 24.8 Å². The molecular weight excluding hydrogens is 334 g/mol. The standard InChI is InChI=1S/C20H19NO5/c1-3-24-17-10-9-15(11-19(17)23-2)20(22)25-13-16-12-18(26-21-16)14-7-5-4-6-8-14/h4-12H,3,13H2,1-2H3. The highest BCUT2D eigenvalue weighted by Gasteiger charge is 2.14. The first-order valence-corrected chi connectivity index (χ1v) is 8.20. The van der Waals surface area contributed by atoms with Crippen LogP contribution >= 0.6 is 0 Å². The maximum atomic E-state index is 12.3. The second kappa shape index (κ2) is 8.20. The molecule has 134 valence electrons. The van der Waals surface area contributed by atoms with E-state index >= 15 is 0 Å². The van der Waals surface area contributed by atoms with Crippen LogP contribution in [0.4, 0.5) is 0 Å². The fourth-order valence-corrected chi connectivity index (χ4v) is 2.41. The Bertz CT molecular complexity index is 873. The summed E-state index contributed by atoms with van der Waals surface area (Å²) in [5.74, 6) is 1.21. The number of carbonyl (C=O) groups excluding carboxylic acids is 1. The molecule has 0 aliphatic carbocycles. The summed E-state index contributed by atoms with van der Waals surface area (Å²) in [4.78, 5) is 12.3.